The van der Waals surface area contributed by atoms with Gasteiger partial charge in [0.05, 0.1) is 0 Å². The van der Waals surface area contributed by atoms with Gasteiger partial charge in [-0.3, -0.25) is 4.79 Å². The van der Waals surface area contributed by atoms with E-state index in [0.717, 1.165) is 37.7 Å². The summed E-state index contributed by atoms with van der Waals surface area (Å²) < 4.78 is 0. The van der Waals surface area contributed by atoms with Gasteiger partial charge in [-0.15, -0.1) is 0 Å². The van der Waals surface area contributed by atoms with Gasteiger partial charge in [0.25, 0.3) is 5.91 Å². The molecule has 0 bridgehead atoms. The summed E-state index contributed by atoms with van der Waals surface area (Å²) in [5.74, 6) is -0.0320. The van der Waals surface area contributed by atoms with Gasteiger partial charge in [-0.05, 0) is 58.6 Å². The van der Waals surface area contributed by atoms with Crippen LogP contribution in [0.2, 0.25) is 0 Å². The molecule has 0 spiro atoms. The summed E-state index contributed by atoms with van der Waals surface area (Å²) in [5, 5.41) is 8.84. The first-order valence-electron chi connectivity index (χ1n) is 9.34. The Morgan fingerprint density at radius 3 is 2.16 bits per heavy atom. The van der Waals surface area contributed by atoms with E-state index in [0.29, 0.717) is 12.1 Å². The van der Waals surface area contributed by atoms with Crippen molar-refractivity contribution in [1.29, 1.82) is 0 Å². The minimum atomic E-state index is -0.0962. The molecule has 0 aromatic heterocycles. The molecule has 0 heterocycles. The Labute approximate surface area is 152 Å². The van der Waals surface area contributed by atoms with E-state index in [4.69, 9.17) is 0 Å². The number of urea groups is 1. The first-order chi connectivity index (χ1) is 11.9. The molecule has 1 aromatic rings. The topological polar surface area (TPSA) is 70.2 Å². The molecule has 25 heavy (non-hydrogen) atoms. The zero-order valence-electron chi connectivity index (χ0n) is 16.0. The summed E-state index contributed by atoms with van der Waals surface area (Å²) in [4.78, 5) is 23.8. The summed E-state index contributed by atoms with van der Waals surface area (Å²) in [6.45, 7) is 8.79. The third kappa shape index (κ3) is 9.13. The minimum absolute atomic E-state index is 0.0320. The summed E-state index contributed by atoms with van der Waals surface area (Å²) in [6, 6.07) is 7.80. The van der Waals surface area contributed by atoms with Crippen LogP contribution < -0.4 is 16.0 Å². The number of nitrogens with one attached hydrogen (secondary N) is 3. The number of rotatable bonds is 10. The number of amides is 3. The molecule has 0 aliphatic heterocycles. The lowest BCUT2D eigenvalue weighted by Gasteiger charge is -2.18. The van der Waals surface area contributed by atoms with Crippen LogP contribution in [0.1, 0.15) is 68.8 Å². The summed E-state index contributed by atoms with van der Waals surface area (Å²) in [7, 11) is 0. The van der Waals surface area contributed by atoms with E-state index in [1.54, 1.807) is 0 Å². The number of carbonyl (C=O) groups excluding carboxylic acids is 2. The number of benzene rings is 1. The number of hydrogen-bond acceptors (Lipinski definition) is 2. The normalized spacial score (nSPS) is 13.0. The smallest absolute Gasteiger partial charge is 0.315 e. The molecule has 5 nitrogen and oxygen atoms in total. The summed E-state index contributed by atoms with van der Waals surface area (Å²) in [5.41, 5.74) is 1.84. The average Bonchev–Trinajstić information content (AvgIpc) is 2.54. The van der Waals surface area contributed by atoms with Gasteiger partial charge in [-0.1, -0.05) is 31.0 Å². The maximum atomic E-state index is 12.0. The number of carbonyl (C=O) groups is 2. The summed E-state index contributed by atoms with van der Waals surface area (Å²) in [6.07, 6.45) is 4.81. The monoisotopic (exact) mass is 347 g/mol. The van der Waals surface area contributed by atoms with E-state index >= 15 is 0 Å². The molecule has 3 N–H and O–H groups in total. The van der Waals surface area contributed by atoms with E-state index < -0.39 is 0 Å². The van der Waals surface area contributed by atoms with Crippen LogP contribution in [0.25, 0.3) is 0 Å². The molecule has 5 heteroatoms. The fourth-order valence-electron chi connectivity index (χ4n) is 2.65. The van der Waals surface area contributed by atoms with E-state index in [2.05, 4.69) is 22.9 Å². The highest BCUT2D eigenvalue weighted by molar-refractivity contribution is 5.94. The molecule has 0 aliphatic carbocycles. The Morgan fingerprint density at radius 1 is 0.960 bits per heavy atom. The Kier molecular flexibility index (Phi) is 9.66. The third-order valence-electron chi connectivity index (χ3n) is 4.14. The molecule has 1 rings (SSSR count). The van der Waals surface area contributed by atoms with Gasteiger partial charge >= 0.3 is 6.03 Å². The first kappa shape index (κ1) is 21.0. The number of hydrogen-bond donors (Lipinski definition) is 3. The predicted octanol–water partition coefficient (Wildman–Crippen LogP) is 3.77. The molecule has 0 saturated carbocycles. The fraction of sp³-hybridized carbons (Fsp3) is 0.600. The Hall–Kier alpha value is -2.04. The van der Waals surface area contributed by atoms with Crippen molar-refractivity contribution >= 4 is 11.9 Å². The van der Waals surface area contributed by atoms with Crippen LogP contribution in [-0.4, -0.2) is 30.6 Å². The maximum Gasteiger partial charge on any atom is 0.315 e. The van der Waals surface area contributed by atoms with Crippen molar-refractivity contribution in [3.63, 3.8) is 0 Å². The average molecular weight is 348 g/mol. The number of unbranched alkanes of at least 4 members (excludes halogenated alkanes) is 1. The minimum Gasteiger partial charge on any atom is -0.352 e. The van der Waals surface area contributed by atoms with Crippen molar-refractivity contribution in [1.82, 2.24) is 16.0 Å². The van der Waals surface area contributed by atoms with Crippen molar-refractivity contribution in [2.24, 2.45) is 0 Å². The van der Waals surface area contributed by atoms with Crippen molar-refractivity contribution < 1.29 is 9.59 Å². The molecule has 140 valence electrons. The Morgan fingerprint density at radius 2 is 1.56 bits per heavy atom. The van der Waals surface area contributed by atoms with Crippen molar-refractivity contribution in [2.45, 2.75) is 71.9 Å². The highest BCUT2D eigenvalue weighted by Gasteiger charge is 2.09. The third-order valence-corrected chi connectivity index (χ3v) is 4.14. The molecule has 1 aromatic carbocycles. The second-order valence-electron chi connectivity index (χ2n) is 6.83. The molecular weight excluding hydrogens is 314 g/mol. The second-order valence-corrected chi connectivity index (χ2v) is 6.83. The van der Waals surface area contributed by atoms with Crippen molar-refractivity contribution in [3.05, 3.63) is 35.4 Å². The zero-order chi connectivity index (χ0) is 18.7. The molecule has 2 unspecified atom stereocenters. The van der Waals surface area contributed by atoms with E-state index in [9.17, 15) is 9.59 Å². The van der Waals surface area contributed by atoms with Crippen LogP contribution in [-0.2, 0) is 0 Å². The van der Waals surface area contributed by atoms with E-state index in [1.165, 1.54) is 0 Å². The lowest BCUT2D eigenvalue weighted by atomic mass is 10.1. The van der Waals surface area contributed by atoms with Gasteiger partial charge in [0.2, 0.25) is 0 Å². The fourth-order valence-corrected chi connectivity index (χ4v) is 2.65. The molecule has 0 fully saturated rings. The second kappa shape index (κ2) is 11.5. The molecule has 2 atom stereocenters. The molecule has 0 radical (unpaired) electrons. The first-order valence-corrected chi connectivity index (χ1v) is 9.34. The zero-order valence-corrected chi connectivity index (χ0v) is 16.0. The van der Waals surface area contributed by atoms with Crippen LogP contribution in [0, 0.1) is 6.92 Å². The van der Waals surface area contributed by atoms with Gasteiger partial charge in [0.15, 0.2) is 0 Å². The lowest BCUT2D eigenvalue weighted by molar-refractivity contribution is 0.0953. The number of aryl methyl sites for hydroxylation is 1. The predicted molar refractivity (Wildman–Crippen MR) is 103 cm³/mol. The maximum absolute atomic E-state index is 12.0. The molecule has 3 amide bonds. The molecule has 0 saturated heterocycles. The highest BCUT2D eigenvalue weighted by atomic mass is 16.2. The summed E-state index contributed by atoms with van der Waals surface area (Å²) >= 11 is 0. The Balaban J connectivity index is 2.13. The van der Waals surface area contributed by atoms with E-state index in [-0.39, 0.29) is 24.0 Å². The van der Waals surface area contributed by atoms with Crippen molar-refractivity contribution in [2.75, 3.05) is 6.54 Å². The lowest BCUT2D eigenvalue weighted by Crippen LogP contribution is -2.44. The van der Waals surface area contributed by atoms with E-state index in [1.807, 2.05) is 45.0 Å². The van der Waals surface area contributed by atoms with Gasteiger partial charge in [0, 0.05) is 24.2 Å². The highest BCUT2D eigenvalue weighted by Crippen LogP contribution is 2.04. The van der Waals surface area contributed by atoms with Crippen LogP contribution >= 0.6 is 0 Å². The van der Waals surface area contributed by atoms with Gasteiger partial charge in [0.1, 0.15) is 0 Å². The SMILES string of the molecule is CCCC(C)NC(=O)NC(C)CCCCNC(=O)c1ccc(C)cc1. The standard InChI is InChI=1S/C20H33N3O2/c1-5-8-16(3)22-20(25)23-17(4)9-6-7-14-21-19(24)18-12-10-15(2)11-13-18/h10-13,16-17H,5-9,14H2,1-4H3,(H,21,24)(H2,22,23,25). The van der Waals surface area contributed by atoms with Crippen molar-refractivity contribution in [3.8, 4) is 0 Å². The Bertz CT molecular complexity index is 528. The van der Waals surface area contributed by atoms with Gasteiger partial charge in [-0.2, -0.15) is 0 Å². The molecule has 0 aliphatic rings. The quantitative estimate of drug-likeness (QED) is 0.564. The molecular formula is C20H33N3O2. The van der Waals surface area contributed by atoms with Gasteiger partial charge < -0.3 is 16.0 Å². The van der Waals surface area contributed by atoms with Crippen LogP contribution in [0.15, 0.2) is 24.3 Å². The van der Waals surface area contributed by atoms with Crippen LogP contribution in [0.4, 0.5) is 4.79 Å². The van der Waals surface area contributed by atoms with Crippen LogP contribution in [0.3, 0.4) is 0 Å². The van der Waals surface area contributed by atoms with Gasteiger partial charge in [-0.25, -0.2) is 4.79 Å². The van der Waals surface area contributed by atoms with Crippen LogP contribution in [0.5, 0.6) is 0 Å². The largest absolute Gasteiger partial charge is 0.352 e.